The Kier molecular flexibility index (Phi) is 4.03. The molecule has 0 aromatic heterocycles. The molecule has 0 bridgehead atoms. The number of aldehydes is 1. The van der Waals surface area contributed by atoms with E-state index < -0.39 is 0 Å². The van der Waals surface area contributed by atoms with E-state index in [2.05, 4.69) is 32.0 Å². The van der Waals surface area contributed by atoms with Crippen LogP contribution >= 0.6 is 11.8 Å². The van der Waals surface area contributed by atoms with Crippen molar-refractivity contribution in [2.75, 3.05) is 0 Å². The topological polar surface area (TPSA) is 40.9 Å². The van der Waals surface area contributed by atoms with Crippen LogP contribution in [0.15, 0.2) is 46.2 Å². The minimum absolute atomic E-state index is 0.529. The van der Waals surface area contributed by atoms with Gasteiger partial charge in [-0.1, -0.05) is 23.9 Å². The van der Waals surface area contributed by atoms with Crippen molar-refractivity contribution in [1.29, 1.82) is 5.26 Å². The standard InChI is InChI=1S/C16H13NOS/c1-11-3-5-15(7-12(11)2)19-16-6-4-13(10-18)8-14(16)9-17/h3-8,10H,1-2H3. The Bertz CT molecular complexity index is 671. The number of rotatable bonds is 3. The molecule has 0 saturated heterocycles. The van der Waals surface area contributed by atoms with Gasteiger partial charge in [0.25, 0.3) is 0 Å². The molecular formula is C16H13NOS. The molecule has 3 heteroatoms. The van der Waals surface area contributed by atoms with Crippen molar-refractivity contribution in [3.05, 3.63) is 58.7 Å². The third-order valence-corrected chi connectivity index (χ3v) is 4.03. The van der Waals surface area contributed by atoms with Gasteiger partial charge >= 0.3 is 0 Å². The van der Waals surface area contributed by atoms with Crippen LogP contribution in [-0.2, 0) is 0 Å². The van der Waals surface area contributed by atoms with E-state index in [1.54, 1.807) is 23.9 Å². The van der Waals surface area contributed by atoms with Gasteiger partial charge in [0.2, 0.25) is 0 Å². The van der Waals surface area contributed by atoms with Crippen LogP contribution < -0.4 is 0 Å². The molecule has 2 aromatic carbocycles. The molecule has 0 fully saturated rings. The highest BCUT2D eigenvalue weighted by molar-refractivity contribution is 7.99. The lowest BCUT2D eigenvalue weighted by Gasteiger charge is -2.07. The van der Waals surface area contributed by atoms with Crippen LogP contribution in [0.2, 0.25) is 0 Å². The van der Waals surface area contributed by atoms with Crippen molar-refractivity contribution in [3.63, 3.8) is 0 Å². The van der Waals surface area contributed by atoms with Crippen LogP contribution in [0.4, 0.5) is 0 Å². The predicted molar refractivity (Wildman–Crippen MR) is 76.6 cm³/mol. The summed E-state index contributed by atoms with van der Waals surface area (Å²) < 4.78 is 0. The van der Waals surface area contributed by atoms with E-state index in [0.717, 1.165) is 16.1 Å². The Hall–Kier alpha value is -2.05. The zero-order chi connectivity index (χ0) is 13.8. The number of carbonyl (C=O) groups excluding carboxylic acids is 1. The average molecular weight is 267 g/mol. The summed E-state index contributed by atoms with van der Waals surface area (Å²) in [6.07, 6.45) is 0.755. The fraction of sp³-hybridized carbons (Fsp3) is 0.125. The number of aryl methyl sites for hydroxylation is 2. The molecule has 0 saturated carbocycles. The molecule has 2 aromatic rings. The van der Waals surface area contributed by atoms with Gasteiger partial charge in [0, 0.05) is 15.4 Å². The lowest BCUT2D eigenvalue weighted by Crippen LogP contribution is -1.87. The van der Waals surface area contributed by atoms with Crippen LogP contribution in [0.25, 0.3) is 0 Å². The van der Waals surface area contributed by atoms with E-state index in [0.29, 0.717) is 11.1 Å². The average Bonchev–Trinajstić information content (AvgIpc) is 2.43. The van der Waals surface area contributed by atoms with E-state index in [1.165, 1.54) is 11.1 Å². The van der Waals surface area contributed by atoms with Crippen LogP contribution in [0.5, 0.6) is 0 Å². The van der Waals surface area contributed by atoms with Gasteiger partial charge in [0.15, 0.2) is 0 Å². The van der Waals surface area contributed by atoms with Gasteiger partial charge in [-0.2, -0.15) is 5.26 Å². The second-order valence-electron chi connectivity index (χ2n) is 4.33. The molecule has 0 aliphatic carbocycles. The Morgan fingerprint density at radius 3 is 2.53 bits per heavy atom. The van der Waals surface area contributed by atoms with Crippen LogP contribution in [0.3, 0.4) is 0 Å². The summed E-state index contributed by atoms with van der Waals surface area (Å²) in [6, 6.07) is 13.5. The number of nitrogens with zero attached hydrogens (tertiary/aromatic N) is 1. The summed E-state index contributed by atoms with van der Waals surface area (Å²) in [5.41, 5.74) is 3.54. The maximum atomic E-state index is 10.7. The van der Waals surface area contributed by atoms with Crippen LogP contribution in [0.1, 0.15) is 27.0 Å². The third-order valence-electron chi connectivity index (χ3n) is 2.97. The first-order chi connectivity index (χ1) is 9.13. The highest BCUT2D eigenvalue weighted by atomic mass is 32.2. The van der Waals surface area contributed by atoms with Gasteiger partial charge in [0.05, 0.1) is 5.56 Å². The number of nitriles is 1. The second kappa shape index (κ2) is 5.73. The molecule has 0 N–H and O–H groups in total. The van der Waals surface area contributed by atoms with Crippen molar-refractivity contribution in [1.82, 2.24) is 0 Å². The SMILES string of the molecule is Cc1ccc(Sc2ccc(C=O)cc2C#N)cc1C. The summed E-state index contributed by atoms with van der Waals surface area (Å²) in [5, 5.41) is 9.14. The molecule has 0 amide bonds. The number of benzene rings is 2. The van der Waals surface area contributed by atoms with E-state index in [9.17, 15) is 4.79 Å². The Morgan fingerprint density at radius 1 is 1.11 bits per heavy atom. The summed E-state index contributed by atoms with van der Waals surface area (Å²) in [4.78, 5) is 12.7. The molecule has 0 unspecified atom stereocenters. The lowest BCUT2D eigenvalue weighted by molar-refractivity contribution is 0.112. The largest absolute Gasteiger partial charge is 0.298 e. The molecule has 0 spiro atoms. The lowest BCUT2D eigenvalue weighted by atomic mass is 10.1. The quantitative estimate of drug-likeness (QED) is 0.785. The Morgan fingerprint density at radius 2 is 1.89 bits per heavy atom. The first-order valence-electron chi connectivity index (χ1n) is 5.88. The molecule has 94 valence electrons. The monoisotopic (exact) mass is 267 g/mol. The minimum Gasteiger partial charge on any atom is -0.298 e. The van der Waals surface area contributed by atoms with Gasteiger partial charge in [-0.3, -0.25) is 4.79 Å². The summed E-state index contributed by atoms with van der Waals surface area (Å²) >= 11 is 1.54. The Labute approximate surface area is 117 Å². The van der Waals surface area contributed by atoms with Gasteiger partial charge in [-0.25, -0.2) is 0 Å². The third kappa shape index (κ3) is 3.04. The zero-order valence-corrected chi connectivity index (χ0v) is 11.6. The molecule has 2 rings (SSSR count). The van der Waals surface area contributed by atoms with Gasteiger partial charge in [0.1, 0.15) is 12.4 Å². The normalized spacial score (nSPS) is 9.95. The summed E-state index contributed by atoms with van der Waals surface area (Å²) in [7, 11) is 0. The molecule has 0 aliphatic heterocycles. The fourth-order valence-corrected chi connectivity index (χ4v) is 2.68. The number of hydrogen-bond donors (Lipinski definition) is 0. The van der Waals surface area contributed by atoms with Gasteiger partial charge in [-0.05, 0) is 49.2 Å². The van der Waals surface area contributed by atoms with Crippen molar-refractivity contribution >= 4 is 18.0 Å². The molecule has 0 aliphatic rings. The first-order valence-corrected chi connectivity index (χ1v) is 6.70. The fourth-order valence-electron chi connectivity index (χ4n) is 1.70. The van der Waals surface area contributed by atoms with Crippen molar-refractivity contribution in [2.45, 2.75) is 23.6 Å². The molecule has 2 nitrogen and oxygen atoms in total. The Balaban J connectivity index is 2.35. The smallest absolute Gasteiger partial charge is 0.150 e. The number of carbonyl (C=O) groups is 1. The predicted octanol–water partition coefficient (Wildman–Crippen LogP) is 4.14. The number of hydrogen-bond acceptors (Lipinski definition) is 3. The molecule has 0 radical (unpaired) electrons. The van der Waals surface area contributed by atoms with Crippen molar-refractivity contribution < 1.29 is 4.79 Å². The van der Waals surface area contributed by atoms with E-state index in [1.807, 2.05) is 12.1 Å². The van der Waals surface area contributed by atoms with Crippen molar-refractivity contribution in [3.8, 4) is 6.07 Å². The summed E-state index contributed by atoms with van der Waals surface area (Å²) in [6.45, 7) is 4.14. The minimum atomic E-state index is 0.529. The van der Waals surface area contributed by atoms with Crippen LogP contribution in [0, 0.1) is 25.2 Å². The van der Waals surface area contributed by atoms with E-state index in [-0.39, 0.29) is 0 Å². The van der Waals surface area contributed by atoms with Gasteiger partial charge < -0.3 is 0 Å². The van der Waals surface area contributed by atoms with Gasteiger partial charge in [-0.15, -0.1) is 0 Å². The molecule has 0 atom stereocenters. The maximum absolute atomic E-state index is 10.7. The highest BCUT2D eigenvalue weighted by Gasteiger charge is 2.06. The molecule has 0 heterocycles. The highest BCUT2D eigenvalue weighted by Crippen LogP contribution is 2.31. The maximum Gasteiger partial charge on any atom is 0.150 e. The van der Waals surface area contributed by atoms with E-state index in [4.69, 9.17) is 5.26 Å². The first kappa shape index (κ1) is 13.4. The van der Waals surface area contributed by atoms with Crippen molar-refractivity contribution in [2.24, 2.45) is 0 Å². The van der Waals surface area contributed by atoms with Crippen LogP contribution in [-0.4, -0.2) is 6.29 Å². The zero-order valence-electron chi connectivity index (χ0n) is 10.8. The van der Waals surface area contributed by atoms with E-state index >= 15 is 0 Å². The summed E-state index contributed by atoms with van der Waals surface area (Å²) in [5.74, 6) is 0. The molecular weight excluding hydrogens is 254 g/mol. The second-order valence-corrected chi connectivity index (χ2v) is 5.45. The molecule has 19 heavy (non-hydrogen) atoms.